The number of esters is 1. The molecular formula is C28H36N2O5S. The molecule has 0 radical (unpaired) electrons. The van der Waals surface area contributed by atoms with E-state index in [0.29, 0.717) is 0 Å². The second kappa shape index (κ2) is 10.1. The Morgan fingerprint density at radius 2 is 2.06 bits per heavy atom. The van der Waals surface area contributed by atoms with E-state index in [1.54, 1.807) is 34.6 Å². The number of ether oxygens (including phenoxy) is 1. The lowest BCUT2D eigenvalue weighted by molar-refractivity contribution is -0.153. The van der Waals surface area contributed by atoms with Gasteiger partial charge in [-0.3, -0.25) is 14.4 Å². The van der Waals surface area contributed by atoms with E-state index < -0.39 is 34.6 Å². The van der Waals surface area contributed by atoms with Crippen molar-refractivity contribution in [3.63, 3.8) is 0 Å². The average molecular weight is 513 g/mol. The first-order valence-corrected chi connectivity index (χ1v) is 13.4. The normalized spacial score (nSPS) is 31.2. The average Bonchev–Trinajstić information content (AvgIpc) is 3.45. The van der Waals surface area contributed by atoms with E-state index in [9.17, 15) is 19.5 Å². The zero-order chi connectivity index (χ0) is 26.4. The van der Waals surface area contributed by atoms with Crippen LogP contribution in [0.15, 0.2) is 43.5 Å². The summed E-state index contributed by atoms with van der Waals surface area (Å²) in [6, 6.07) is 4.55. The number of nitrogens with zero attached hydrogens (tertiary/aromatic N) is 2. The van der Waals surface area contributed by atoms with Crippen molar-refractivity contribution in [2.45, 2.75) is 56.2 Å². The number of hydrogen-bond acceptors (Lipinski definition) is 6. The third kappa shape index (κ3) is 3.89. The van der Waals surface area contributed by atoms with E-state index in [1.165, 1.54) is 6.08 Å². The summed E-state index contributed by atoms with van der Waals surface area (Å²) in [4.78, 5) is 45.0. The van der Waals surface area contributed by atoms with Crippen molar-refractivity contribution in [1.82, 2.24) is 4.90 Å². The molecule has 1 aromatic rings. The standard InChI is InChI=1S/C28H36N2O5S/c1-7-11-29(20-13-16(3)9-10-17(20)4)26(33)24-28-18(5)14-21(36-28)22(27(34)35-12-8-2)23(28)25(32)30(24)19(6)15-31/h7-10,13,18-19,21-24,31H,1-2,11-12,14-15H2,3-6H3/t18?,19-,21+,22-,23+,24?,28?/m1/s1. The first-order valence-electron chi connectivity index (χ1n) is 12.5. The van der Waals surface area contributed by atoms with Crippen LogP contribution in [0.5, 0.6) is 0 Å². The minimum atomic E-state index is -0.820. The van der Waals surface area contributed by atoms with Crippen molar-refractivity contribution in [2.24, 2.45) is 17.8 Å². The third-order valence-electron chi connectivity index (χ3n) is 8.01. The fourth-order valence-corrected chi connectivity index (χ4v) is 8.79. The van der Waals surface area contributed by atoms with Gasteiger partial charge in [-0.15, -0.1) is 18.3 Å². The first-order chi connectivity index (χ1) is 17.1. The number of rotatable bonds is 9. The minimum absolute atomic E-state index is 0.0268. The van der Waals surface area contributed by atoms with E-state index in [1.807, 2.05) is 32.0 Å². The maximum Gasteiger partial charge on any atom is 0.311 e. The Balaban J connectivity index is 1.84. The summed E-state index contributed by atoms with van der Waals surface area (Å²) in [6.45, 7) is 15.3. The van der Waals surface area contributed by atoms with Gasteiger partial charge in [-0.25, -0.2) is 0 Å². The van der Waals surface area contributed by atoms with Gasteiger partial charge < -0.3 is 19.6 Å². The van der Waals surface area contributed by atoms with Gasteiger partial charge in [0.1, 0.15) is 12.6 Å². The molecule has 1 aromatic carbocycles. The Morgan fingerprint density at radius 1 is 1.33 bits per heavy atom. The van der Waals surface area contributed by atoms with Crippen LogP contribution < -0.4 is 4.90 Å². The molecule has 8 heteroatoms. The predicted molar refractivity (Wildman–Crippen MR) is 142 cm³/mol. The largest absolute Gasteiger partial charge is 0.461 e. The number of anilines is 1. The van der Waals surface area contributed by atoms with E-state index in [4.69, 9.17) is 4.74 Å². The highest BCUT2D eigenvalue weighted by molar-refractivity contribution is 8.02. The Labute approximate surface area is 217 Å². The van der Waals surface area contributed by atoms with Crippen LogP contribution >= 0.6 is 11.8 Å². The second-order valence-corrected chi connectivity index (χ2v) is 11.8. The van der Waals surface area contributed by atoms with Crippen LogP contribution in [0.4, 0.5) is 5.69 Å². The molecule has 0 aromatic heterocycles. The van der Waals surface area contributed by atoms with Gasteiger partial charge in [0.25, 0.3) is 5.91 Å². The summed E-state index contributed by atoms with van der Waals surface area (Å²) in [5.41, 5.74) is 2.74. The van der Waals surface area contributed by atoms with E-state index >= 15 is 0 Å². The first kappa shape index (κ1) is 26.5. The summed E-state index contributed by atoms with van der Waals surface area (Å²) >= 11 is 1.59. The molecule has 194 valence electrons. The number of benzene rings is 1. The molecule has 3 heterocycles. The van der Waals surface area contributed by atoms with Crippen LogP contribution in [0.1, 0.15) is 31.4 Å². The van der Waals surface area contributed by atoms with Crippen LogP contribution in [-0.2, 0) is 19.1 Å². The van der Waals surface area contributed by atoms with E-state index in [2.05, 4.69) is 20.1 Å². The fourth-order valence-electron chi connectivity index (χ4n) is 6.40. The number of aliphatic hydroxyl groups excluding tert-OH is 1. The number of thioether (sulfide) groups is 1. The zero-order valence-electron chi connectivity index (χ0n) is 21.5. The molecule has 1 spiro atoms. The van der Waals surface area contributed by atoms with Gasteiger partial charge in [-0.2, -0.15) is 0 Å². The molecule has 7 nitrogen and oxygen atoms in total. The van der Waals surface area contributed by atoms with Gasteiger partial charge in [-0.1, -0.05) is 37.8 Å². The van der Waals surface area contributed by atoms with Crippen molar-refractivity contribution >= 4 is 35.2 Å². The molecule has 3 fully saturated rings. The molecule has 36 heavy (non-hydrogen) atoms. The lowest BCUT2D eigenvalue weighted by Gasteiger charge is -2.41. The smallest absolute Gasteiger partial charge is 0.311 e. The van der Waals surface area contributed by atoms with Gasteiger partial charge in [0.2, 0.25) is 5.91 Å². The summed E-state index contributed by atoms with van der Waals surface area (Å²) < 4.78 is 4.64. The van der Waals surface area contributed by atoms with E-state index in [0.717, 1.165) is 23.2 Å². The molecule has 3 aliphatic heterocycles. The number of aryl methyl sites for hydroxylation is 2. The number of hydrogen-bond donors (Lipinski definition) is 1. The molecule has 2 amide bonds. The van der Waals surface area contributed by atoms with Gasteiger partial charge in [0, 0.05) is 17.5 Å². The van der Waals surface area contributed by atoms with Crippen molar-refractivity contribution in [3.05, 3.63) is 54.6 Å². The van der Waals surface area contributed by atoms with Gasteiger partial charge in [-0.05, 0) is 50.3 Å². The highest BCUT2D eigenvalue weighted by atomic mass is 32.2. The predicted octanol–water partition coefficient (Wildman–Crippen LogP) is 3.27. The van der Waals surface area contributed by atoms with Crippen LogP contribution in [-0.4, -0.2) is 69.6 Å². The maximum atomic E-state index is 14.6. The topological polar surface area (TPSA) is 87.2 Å². The van der Waals surface area contributed by atoms with Gasteiger partial charge >= 0.3 is 5.97 Å². The highest BCUT2D eigenvalue weighted by Crippen LogP contribution is 2.69. The molecule has 3 unspecified atom stereocenters. The molecular weight excluding hydrogens is 476 g/mol. The number of carbonyl (C=O) groups excluding carboxylic acids is 3. The molecule has 4 rings (SSSR count). The second-order valence-electron chi connectivity index (χ2n) is 10.3. The van der Waals surface area contributed by atoms with Crippen LogP contribution in [0, 0.1) is 31.6 Å². The summed E-state index contributed by atoms with van der Waals surface area (Å²) in [6.07, 6.45) is 3.92. The molecule has 0 aliphatic carbocycles. The van der Waals surface area contributed by atoms with Crippen LogP contribution in [0.3, 0.4) is 0 Å². The number of fused-ring (bicyclic) bond motifs is 1. The number of amides is 2. The fraction of sp³-hybridized carbons (Fsp3) is 0.536. The Kier molecular flexibility index (Phi) is 7.40. The number of carbonyl (C=O) groups is 3. The maximum absolute atomic E-state index is 14.6. The minimum Gasteiger partial charge on any atom is -0.461 e. The van der Waals surface area contributed by atoms with E-state index in [-0.39, 0.29) is 42.7 Å². The quantitative estimate of drug-likeness (QED) is 0.404. The third-order valence-corrected chi connectivity index (χ3v) is 10.1. The summed E-state index contributed by atoms with van der Waals surface area (Å²) in [7, 11) is 0. The molecule has 3 saturated heterocycles. The molecule has 1 N–H and O–H groups in total. The van der Waals surface area contributed by atoms with Gasteiger partial charge in [0.15, 0.2) is 0 Å². The lowest BCUT2D eigenvalue weighted by Crippen LogP contribution is -2.59. The van der Waals surface area contributed by atoms with Crippen LogP contribution in [0.25, 0.3) is 0 Å². The lowest BCUT2D eigenvalue weighted by atomic mass is 9.66. The molecule has 3 aliphatic rings. The number of likely N-dealkylation sites (tertiary alicyclic amines) is 1. The molecule has 7 atom stereocenters. The number of aliphatic hydroxyl groups is 1. The van der Waals surface area contributed by atoms with Crippen LogP contribution in [0.2, 0.25) is 0 Å². The Bertz CT molecular complexity index is 1090. The van der Waals surface area contributed by atoms with Crippen molar-refractivity contribution in [3.8, 4) is 0 Å². The SMILES string of the molecule is C=CCOC(=O)[C@@H]1[C@@H]2CC(C)C3(S2)C(C(=O)N(CC=C)c2cc(C)ccc2C)N([C@H](C)CO)C(=O)[C@H]13. The molecule has 2 bridgehead atoms. The van der Waals surface area contributed by atoms with Crippen molar-refractivity contribution in [1.29, 1.82) is 0 Å². The highest BCUT2D eigenvalue weighted by Gasteiger charge is 2.77. The summed E-state index contributed by atoms with van der Waals surface area (Å²) in [5, 5.41) is 10.00. The monoisotopic (exact) mass is 512 g/mol. The van der Waals surface area contributed by atoms with Crippen molar-refractivity contribution < 1.29 is 24.2 Å². The van der Waals surface area contributed by atoms with Gasteiger partial charge in [0.05, 0.1) is 29.2 Å². The zero-order valence-corrected chi connectivity index (χ0v) is 22.3. The summed E-state index contributed by atoms with van der Waals surface area (Å²) in [5.74, 6) is -2.16. The van der Waals surface area contributed by atoms with Crippen molar-refractivity contribution in [2.75, 3.05) is 24.7 Å². The molecule has 0 saturated carbocycles. The Hall–Kier alpha value is -2.58. The Morgan fingerprint density at radius 3 is 2.69 bits per heavy atom.